The van der Waals surface area contributed by atoms with E-state index in [1.165, 1.54) is 154 Å². The predicted octanol–water partition coefficient (Wildman–Crippen LogP) is 22.1. The second-order valence-electron chi connectivity index (χ2n) is 28.5. The number of phosphoric ester groups is 2. The third-order valence-electron chi connectivity index (χ3n) is 17.3. The van der Waals surface area contributed by atoms with E-state index in [4.69, 9.17) is 37.0 Å². The maximum absolute atomic E-state index is 13.1. The lowest BCUT2D eigenvalue weighted by molar-refractivity contribution is -0.161. The Morgan fingerprint density at radius 1 is 0.323 bits per heavy atom. The van der Waals surface area contributed by atoms with Gasteiger partial charge < -0.3 is 33.8 Å². The summed E-state index contributed by atoms with van der Waals surface area (Å²) < 4.78 is 68.5. The second-order valence-corrected chi connectivity index (χ2v) is 31.4. The Morgan fingerprint density at radius 2 is 0.562 bits per heavy atom. The number of hydrogen-bond acceptors (Lipinski definition) is 15. The average molecular weight is 1410 g/mol. The first-order valence-electron chi connectivity index (χ1n) is 39.2. The molecule has 0 aromatic heterocycles. The summed E-state index contributed by atoms with van der Waals surface area (Å²) in [7, 11) is -9.92. The van der Waals surface area contributed by atoms with Gasteiger partial charge in [-0.05, 0) is 69.1 Å². The van der Waals surface area contributed by atoms with Crippen molar-refractivity contribution in [2.75, 3.05) is 39.6 Å². The molecule has 17 nitrogen and oxygen atoms in total. The van der Waals surface area contributed by atoms with Crippen molar-refractivity contribution >= 4 is 39.5 Å². The lowest BCUT2D eigenvalue weighted by Crippen LogP contribution is -2.30. The molecule has 0 fully saturated rings. The Hall–Kier alpha value is -2.46. The fourth-order valence-corrected chi connectivity index (χ4v) is 12.8. The van der Waals surface area contributed by atoms with Crippen molar-refractivity contribution in [3.63, 3.8) is 0 Å². The van der Waals surface area contributed by atoms with Gasteiger partial charge in [-0.15, -0.1) is 0 Å². The van der Waals surface area contributed by atoms with Crippen LogP contribution in [0.1, 0.15) is 370 Å². The van der Waals surface area contributed by atoms with E-state index in [9.17, 15) is 43.2 Å². The molecule has 0 rings (SSSR count). The fourth-order valence-electron chi connectivity index (χ4n) is 11.2. The number of rotatable bonds is 73. The maximum Gasteiger partial charge on any atom is 0.472 e. The highest BCUT2D eigenvalue weighted by molar-refractivity contribution is 7.47. The molecule has 0 radical (unpaired) electrons. The minimum atomic E-state index is -4.97. The van der Waals surface area contributed by atoms with Gasteiger partial charge >= 0.3 is 39.5 Å². The first kappa shape index (κ1) is 93.5. The van der Waals surface area contributed by atoms with Crippen LogP contribution in [0, 0.1) is 17.8 Å². The first-order chi connectivity index (χ1) is 46.2. The summed E-state index contributed by atoms with van der Waals surface area (Å²) in [6, 6.07) is 0. The van der Waals surface area contributed by atoms with E-state index in [1.807, 2.05) is 0 Å². The normalized spacial score (nSPS) is 14.2. The van der Waals surface area contributed by atoms with Gasteiger partial charge in [0.05, 0.1) is 26.4 Å². The van der Waals surface area contributed by atoms with E-state index in [0.29, 0.717) is 31.6 Å². The number of unbranched alkanes of at least 4 members (excludes halogenated alkanes) is 38. The predicted molar refractivity (Wildman–Crippen MR) is 390 cm³/mol. The number of carbonyl (C=O) groups excluding carboxylic acids is 4. The standard InChI is InChI=1S/C77H146O17P2/c1-8-9-10-11-12-13-14-15-18-22-25-31-36-44-51-58-74(79)87-64-72(93-76(81)60-53-46-37-32-26-23-20-17-16-19-21-24-29-34-41-48-55-68(2)3)66-91-95(83,84)89-62-71(78)63-90-96(85,86)92-67-73(65-88-75(80)59-52-45-40-39-43-50-57-70(6)7)94-77(82)61-54-47-38-33-28-27-30-35-42-49-56-69(4)5/h13-15,18,68-73,78H,8-12,16-17,19-67H2,1-7H3,(H,83,84)(H,85,86)/b14-13-,18-15-/t71-,72-,73-/m1/s1. The Balaban J connectivity index is 5.26. The Kier molecular flexibility index (Phi) is 65.3. The smallest absolute Gasteiger partial charge is 0.462 e. The first-order valence-corrected chi connectivity index (χ1v) is 42.2. The van der Waals surface area contributed by atoms with Gasteiger partial charge in [0.2, 0.25) is 0 Å². The van der Waals surface area contributed by atoms with Crippen molar-refractivity contribution in [1.29, 1.82) is 0 Å². The second kappa shape index (κ2) is 67.1. The minimum absolute atomic E-state index is 0.101. The van der Waals surface area contributed by atoms with Crippen LogP contribution >= 0.6 is 15.6 Å². The number of carbonyl (C=O) groups is 4. The SMILES string of the molecule is CCCCCC/C=C\C=C/CCCCCCCC(=O)OC[C@H](COP(=O)(O)OC[C@@H](O)COP(=O)(O)OC[C@@H](COC(=O)CCCCCCCCC(C)C)OC(=O)CCCCCCCCCCCCC(C)C)OC(=O)CCCCCCCCCCCCCCCCCCC(C)C. The van der Waals surface area contributed by atoms with E-state index in [1.54, 1.807) is 0 Å². The zero-order valence-electron chi connectivity index (χ0n) is 62.3. The average Bonchev–Trinajstić information content (AvgIpc) is 2.30. The zero-order valence-corrected chi connectivity index (χ0v) is 64.1. The summed E-state index contributed by atoms with van der Waals surface area (Å²) in [6.07, 6.45) is 56.5. The van der Waals surface area contributed by atoms with Gasteiger partial charge in [0.15, 0.2) is 12.2 Å². The summed E-state index contributed by atoms with van der Waals surface area (Å²) in [5, 5.41) is 10.6. The van der Waals surface area contributed by atoms with Crippen LogP contribution in [0.3, 0.4) is 0 Å². The van der Waals surface area contributed by atoms with Crippen molar-refractivity contribution in [1.82, 2.24) is 0 Å². The molecule has 0 saturated carbocycles. The van der Waals surface area contributed by atoms with Crippen molar-refractivity contribution in [3.05, 3.63) is 24.3 Å². The van der Waals surface area contributed by atoms with Crippen molar-refractivity contribution in [2.24, 2.45) is 17.8 Å². The number of esters is 4. The Bertz CT molecular complexity index is 1960. The van der Waals surface area contributed by atoms with E-state index in [0.717, 1.165) is 127 Å². The molecule has 0 spiro atoms. The van der Waals surface area contributed by atoms with Gasteiger partial charge in [-0.2, -0.15) is 0 Å². The van der Waals surface area contributed by atoms with Gasteiger partial charge in [0.25, 0.3) is 0 Å². The number of phosphoric acid groups is 2. The number of hydrogen-bond donors (Lipinski definition) is 3. The molecular weight excluding hydrogens is 1260 g/mol. The molecule has 96 heavy (non-hydrogen) atoms. The number of allylic oxidation sites excluding steroid dienone is 4. The summed E-state index contributed by atoms with van der Waals surface area (Å²) in [4.78, 5) is 72.8. The zero-order chi connectivity index (χ0) is 70.9. The van der Waals surface area contributed by atoms with Crippen LogP contribution in [0.15, 0.2) is 24.3 Å². The Morgan fingerprint density at radius 3 is 0.844 bits per heavy atom. The summed E-state index contributed by atoms with van der Waals surface area (Å²) in [5.74, 6) is 0.0860. The topological polar surface area (TPSA) is 237 Å². The Labute approximate surface area is 586 Å². The van der Waals surface area contributed by atoms with E-state index in [2.05, 4.69) is 72.8 Å². The lowest BCUT2D eigenvalue weighted by Gasteiger charge is -2.21. The van der Waals surface area contributed by atoms with Crippen LogP contribution in [0.2, 0.25) is 0 Å². The van der Waals surface area contributed by atoms with Crippen LogP contribution < -0.4 is 0 Å². The summed E-state index contributed by atoms with van der Waals surface area (Å²) in [6.45, 7) is 11.8. The van der Waals surface area contributed by atoms with Crippen LogP contribution in [0.4, 0.5) is 0 Å². The van der Waals surface area contributed by atoms with Crippen molar-refractivity contribution in [3.8, 4) is 0 Å². The fraction of sp³-hybridized carbons (Fsp3) is 0.896. The highest BCUT2D eigenvalue weighted by atomic mass is 31.2. The molecule has 3 N–H and O–H groups in total. The molecular formula is C77H146O17P2. The maximum atomic E-state index is 13.1. The summed E-state index contributed by atoms with van der Waals surface area (Å²) in [5.41, 5.74) is 0. The van der Waals surface area contributed by atoms with Gasteiger partial charge in [0.1, 0.15) is 19.3 Å². The van der Waals surface area contributed by atoms with Gasteiger partial charge in [0, 0.05) is 25.7 Å². The molecule has 0 aliphatic rings. The third-order valence-corrected chi connectivity index (χ3v) is 19.2. The monoisotopic (exact) mass is 1410 g/mol. The van der Waals surface area contributed by atoms with Gasteiger partial charge in [-0.3, -0.25) is 37.3 Å². The van der Waals surface area contributed by atoms with Crippen molar-refractivity contribution < 1.29 is 80.2 Å². The highest BCUT2D eigenvalue weighted by Crippen LogP contribution is 2.45. The van der Waals surface area contributed by atoms with Crippen LogP contribution in [0.5, 0.6) is 0 Å². The molecule has 0 heterocycles. The van der Waals surface area contributed by atoms with E-state index >= 15 is 0 Å². The van der Waals surface area contributed by atoms with Crippen molar-refractivity contribution in [2.45, 2.75) is 388 Å². The van der Waals surface area contributed by atoms with E-state index < -0.39 is 97.5 Å². The minimum Gasteiger partial charge on any atom is -0.462 e. The number of ether oxygens (including phenoxy) is 4. The highest BCUT2D eigenvalue weighted by Gasteiger charge is 2.30. The number of aliphatic hydroxyl groups excluding tert-OH is 1. The lowest BCUT2D eigenvalue weighted by atomic mass is 10.0. The molecule has 566 valence electrons. The molecule has 0 aromatic carbocycles. The van der Waals surface area contributed by atoms with Crippen LogP contribution in [-0.2, 0) is 65.4 Å². The molecule has 0 amide bonds. The molecule has 0 aliphatic carbocycles. The van der Waals surface area contributed by atoms with Crippen LogP contribution in [-0.4, -0.2) is 96.7 Å². The molecule has 2 unspecified atom stereocenters. The molecule has 0 aromatic rings. The van der Waals surface area contributed by atoms with Gasteiger partial charge in [-0.25, -0.2) is 9.13 Å². The van der Waals surface area contributed by atoms with Gasteiger partial charge in [-0.1, -0.05) is 317 Å². The van der Waals surface area contributed by atoms with Crippen LogP contribution in [0.25, 0.3) is 0 Å². The molecule has 0 saturated heterocycles. The third kappa shape index (κ3) is 70.0. The largest absolute Gasteiger partial charge is 0.472 e. The molecule has 19 heteroatoms. The molecule has 0 aliphatic heterocycles. The molecule has 0 bridgehead atoms. The number of aliphatic hydroxyl groups is 1. The summed E-state index contributed by atoms with van der Waals surface area (Å²) >= 11 is 0. The quantitative estimate of drug-likeness (QED) is 0.0169. The molecule has 5 atom stereocenters. The van der Waals surface area contributed by atoms with E-state index in [-0.39, 0.29) is 25.7 Å².